The number of hydrogen-bond acceptors (Lipinski definition) is 3. The third kappa shape index (κ3) is 3.57. The Hall–Kier alpha value is -0.620. The van der Waals surface area contributed by atoms with Gasteiger partial charge in [-0.1, -0.05) is 0 Å². The van der Waals surface area contributed by atoms with Crippen molar-refractivity contribution in [2.45, 2.75) is 0 Å². The maximum atomic E-state index is 9.47. The molecule has 0 aliphatic heterocycles. The van der Waals surface area contributed by atoms with Crippen molar-refractivity contribution in [2.24, 2.45) is 10.9 Å². The summed E-state index contributed by atoms with van der Waals surface area (Å²) in [5.41, 5.74) is 4.90. The lowest BCUT2D eigenvalue weighted by Gasteiger charge is -1.92. The second-order valence-electron chi connectivity index (χ2n) is 0.886. The van der Waals surface area contributed by atoms with Crippen molar-refractivity contribution in [3.8, 4) is 0 Å². The Bertz CT molecular complexity index is 133. The molecule has 0 aromatic carbocycles. The molecule has 0 fully saturated rings. The highest BCUT2D eigenvalue weighted by Gasteiger charge is 1.91. The summed E-state index contributed by atoms with van der Waals surface area (Å²) >= 11 is 8.59. The third-order valence-corrected chi connectivity index (χ3v) is 0.592. The van der Waals surface area contributed by atoms with Crippen LogP contribution in [0.3, 0.4) is 0 Å². The van der Waals surface area contributed by atoms with Gasteiger partial charge < -0.3 is 11.1 Å². The number of nitrogens with one attached hydrogen (secondary N) is 1. The largest absolute Gasteiger partial charge is 0.376 e. The van der Waals surface area contributed by atoms with Gasteiger partial charge in [-0.05, 0) is 29.6 Å². The number of rotatable bonds is 0. The smallest absolute Gasteiger partial charge is 0.242 e. The molecular formula is C2H3N3OS2. The number of nitrogens with zero attached hydrogens (tertiary/aromatic N) is 1. The van der Waals surface area contributed by atoms with Crippen molar-refractivity contribution in [1.82, 2.24) is 5.32 Å². The molecule has 0 amide bonds. The minimum Gasteiger partial charge on any atom is -0.376 e. The van der Waals surface area contributed by atoms with Gasteiger partial charge >= 0.3 is 0 Å². The Balaban J connectivity index is 3.55. The normalized spacial score (nSPS) is 7.50. The lowest BCUT2D eigenvalue weighted by molar-refractivity contribution is 1.35. The van der Waals surface area contributed by atoms with Crippen LogP contribution in [0.1, 0.15) is 0 Å². The fourth-order valence-corrected chi connectivity index (χ4v) is 0.399. The average Bonchev–Trinajstić information content (AvgIpc) is 1.65. The number of nitroso groups, excluding NO2 is 1. The van der Waals surface area contributed by atoms with Crippen LogP contribution in [0.4, 0.5) is 0 Å². The Morgan fingerprint density at radius 2 is 2.12 bits per heavy atom. The van der Waals surface area contributed by atoms with E-state index >= 15 is 0 Å². The van der Waals surface area contributed by atoms with E-state index in [0.29, 0.717) is 0 Å². The quantitative estimate of drug-likeness (QED) is 0.371. The van der Waals surface area contributed by atoms with Crippen molar-refractivity contribution in [3.05, 3.63) is 4.91 Å². The summed E-state index contributed by atoms with van der Waals surface area (Å²) in [4.78, 5) is 9.47. The van der Waals surface area contributed by atoms with Gasteiger partial charge in [0.25, 0.3) is 0 Å². The number of nitrogens with two attached hydrogens (primary N) is 1. The van der Waals surface area contributed by atoms with E-state index < -0.39 is 0 Å². The van der Waals surface area contributed by atoms with E-state index in [0.717, 1.165) is 0 Å². The van der Waals surface area contributed by atoms with Gasteiger partial charge in [0.2, 0.25) is 5.11 Å². The Morgan fingerprint density at radius 1 is 1.62 bits per heavy atom. The van der Waals surface area contributed by atoms with E-state index in [4.69, 9.17) is 5.73 Å². The van der Waals surface area contributed by atoms with E-state index in [2.05, 4.69) is 34.9 Å². The molecule has 0 saturated carbocycles. The highest BCUT2D eigenvalue weighted by Crippen LogP contribution is 1.70. The predicted octanol–water partition coefficient (Wildman–Crippen LogP) is -0.129. The summed E-state index contributed by atoms with van der Waals surface area (Å²) in [7, 11) is 0. The molecule has 0 aliphatic carbocycles. The van der Waals surface area contributed by atoms with Gasteiger partial charge in [-0.15, -0.1) is 4.91 Å². The van der Waals surface area contributed by atoms with Crippen molar-refractivity contribution in [1.29, 1.82) is 0 Å². The van der Waals surface area contributed by atoms with E-state index in [1.54, 1.807) is 0 Å². The summed E-state index contributed by atoms with van der Waals surface area (Å²) in [6.07, 6.45) is 0. The second kappa shape index (κ2) is 3.39. The van der Waals surface area contributed by atoms with Gasteiger partial charge in [0.1, 0.15) is 0 Å². The van der Waals surface area contributed by atoms with Crippen LogP contribution in [0.2, 0.25) is 0 Å². The molecule has 6 heteroatoms. The van der Waals surface area contributed by atoms with Gasteiger partial charge in [0.15, 0.2) is 5.11 Å². The van der Waals surface area contributed by atoms with Gasteiger partial charge in [-0.3, -0.25) is 0 Å². The first-order valence-corrected chi connectivity index (χ1v) is 2.42. The minimum absolute atomic E-state index is 0.0467. The van der Waals surface area contributed by atoms with E-state index in [1.165, 1.54) is 0 Å². The van der Waals surface area contributed by atoms with Crippen LogP contribution >= 0.6 is 24.4 Å². The summed E-state index contributed by atoms with van der Waals surface area (Å²) in [6, 6.07) is 0. The van der Waals surface area contributed by atoms with Crippen molar-refractivity contribution in [2.75, 3.05) is 0 Å². The number of thiocarbonyl (C=S) groups is 2. The van der Waals surface area contributed by atoms with Gasteiger partial charge in [-0.25, -0.2) is 0 Å². The molecule has 0 heterocycles. The van der Waals surface area contributed by atoms with Gasteiger partial charge in [0.05, 0.1) is 0 Å². The summed E-state index contributed by atoms with van der Waals surface area (Å²) in [6.45, 7) is 0. The van der Waals surface area contributed by atoms with Crippen LogP contribution in [0.5, 0.6) is 0 Å². The molecule has 0 aromatic heterocycles. The molecule has 0 atom stereocenters. The summed E-state index contributed by atoms with van der Waals surface area (Å²) in [5.74, 6) is 0. The zero-order valence-corrected chi connectivity index (χ0v) is 5.38. The fraction of sp³-hybridized carbons (Fsp3) is 0. The van der Waals surface area contributed by atoms with Crippen LogP contribution in [-0.4, -0.2) is 10.2 Å². The van der Waals surface area contributed by atoms with Crippen LogP contribution in [0, 0.1) is 4.91 Å². The van der Waals surface area contributed by atoms with Crippen LogP contribution < -0.4 is 11.1 Å². The minimum atomic E-state index is -0.238. The first-order chi connectivity index (χ1) is 3.66. The average molecular weight is 149 g/mol. The monoisotopic (exact) mass is 149 g/mol. The summed E-state index contributed by atoms with van der Waals surface area (Å²) in [5, 5.41) is 4.20. The molecule has 0 unspecified atom stereocenters. The highest BCUT2D eigenvalue weighted by atomic mass is 32.1. The Morgan fingerprint density at radius 3 is 2.25 bits per heavy atom. The Labute approximate surface area is 56.4 Å². The maximum Gasteiger partial charge on any atom is 0.242 e. The predicted molar refractivity (Wildman–Crippen MR) is 38.3 cm³/mol. The lowest BCUT2D eigenvalue weighted by Crippen LogP contribution is -2.32. The van der Waals surface area contributed by atoms with Crippen LogP contribution in [-0.2, 0) is 0 Å². The first-order valence-electron chi connectivity index (χ1n) is 1.60. The summed E-state index contributed by atoms with van der Waals surface area (Å²) < 4.78 is 0. The van der Waals surface area contributed by atoms with Crippen molar-refractivity contribution < 1.29 is 0 Å². The molecule has 44 valence electrons. The molecular weight excluding hydrogens is 146 g/mol. The first kappa shape index (κ1) is 7.38. The topological polar surface area (TPSA) is 67.5 Å². The molecule has 0 aromatic rings. The molecule has 8 heavy (non-hydrogen) atoms. The molecule has 4 nitrogen and oxygen atoms in total. The zero-order valence-electron chi connectivity index (χ0n) is 3.75. The molecule has 0 rings (SSSR count). The fourth-order valence-electron chi connectivity index (χ4n) is 0.128. The van der Waals surface area contributed by atoms with E-state index in [1.807, 2.05) is 0 Å². The molecule has 0 aliphatic rings. The Kier molecular flexibility index (Phi) is 3.13. The molecule has 0 saturated heterocycles. The third-order valence-electron chi connectivity index (χ3n) is 0.313. The molecule has 0 spiro atoms. The zero-order chi connectivity index (χ0) is 6.57. The van der Waals surface area contributed by atoms with Gasteiger partial charge in [-0.2, -0.15) is 0 Å². The van der Waals surface area contributed by atoms with Crippen LogP contribution in [0.15, 0.2) is 5.18 Å². The maximum absolute atomic E-state index is 9.47. The second-order valence-corrected chi connectivity index (χ2v) is 1.71. The lowest BCUT2D eigenvalue weighted by atomic mass is 11.0. The SMILES string of the molecule is NC(=S)NC(=S)N=O. The highest BCUT2D eigenvalue weighted by molar-refractivity contribution is 7.81. The van der Waals surface area contributed by atoms with E-state index in [-0.39, 0.29) is 10.2 Å². The standard InChI is InChI=1S/C2H3N3OS2/c3-1(7)4-2(8)5-6/h(H3,3,4,7,8). The number of hydrogen-bond donors (Lipinski definition) is 2. The van der Waals surface area contributed by atoms with Crippen molar-refractivity contribution >= 4 is 34.7 Å². The molecule has 0 radical (unpaired) electrons. The molecule has 0 bridgehead atoms. The van der Waals surface area contributed by atoms with Crippen LogP contribution in [0.25, 0.3) is 0 Å². The van der Waals surface area contributed by atoms with Gasteiger partial charge in [0, 0.05) is 0 Å². The van der Waals surface area contributed by atoms with Crippen molar-refractivity contribution in [3.63, 3.8) is 0 Å². The molecule has 3 N–H and O–H groups in total. The van der Waals surface area contributed by atoms with E-state index in [9.17, 15) is 4.91 Å².